The van der Waals surface area contributed by atoms with Gasteiger partial charge in [0.2, 0.25) is 0 Å². The molecule has 1 atom stereocenters. The first-order chi connectivity index (χ1) is 6.38. The Bertz CT molecular complexity index is 284. The van der Waals surface area contributed by atoms with Crippen molar-refractivity contribution in [1.82, 2.24) is 5.32 Å². The van der Waals surface area contributed by atoms with Crippen LogP contribution in [0.15, 0.2) is 24.3 Å². The summed E-state index contributed by atoms with van der Waals surface area (Å²) >= 11 is 0. The van der Waals surface area contributed by atoms with Crippen LogP contribution < -0.4 is 5.32 Å². The van der Waals surface area contributed by atoms with Crippen molar-refractivity contribution in [2.45, 2.75) is 6.04 Å². The summed E-state index contributed by atoms with van der Waals surface area (Å²) in [6.07, 6.45) is 0. The highest BCUT2D eigenvalue weighted by Crippen LogP contribution is 2.18. The molecular formula is C10H12FNO. The quantitative estimate of drug-likeness (QED) is 0.708. The molecular weight excluding hydrogens is 169 g/mol. The maximum Gasteiger partial charge on any atom is 0.128 e. The minimum absolute atomic E-state index is 0.00921. The highest BCUT2D eigenvalue weighted by molar-refractivity contribution is 5.21. The van der Waals surface area contributed by atoms with Gasteiger partial charge in [-0.2, -0.15) is 0 Å². The number of ether oxygens (including phenoxy) is 1. The van der Waals surface area contributed by atoms with E-state index in [0.29, 0.717) is 18.8 Å². The molecule has 2 nitrogen and oxygen atoms in total. The molecule has 1 aliphatic rings. The Morgan fingerprint density at radius 2 is 2.23 bits per heavy atom. The Labute approximate surface area is 76.7 Å². The van der Waals surface area contributed by atoms with Crippen molar-refractivity contribution in [1.29, 1.82) is 0 Å². The fourth-order valence-corrected chi connectivity index (χ4v) is 1.52. The number of rotatable bonds is 1. The lowest BCUT2D eigenvalue weighted by atomic mass is 10.1. The summed E-state index contributed by atoms with van der Waals surface area (Å²) < 4.78 is 18.5. The Morgan fingerprint density at radius 1 is 1.38 bits per heavy atom. The zero-order valence-corrected chi connectivity index (χ0v) is 7.29. The van der Waals surface area contributed by atoms with Gasteiger partial charge in [0.15, 0.2) is 0 Å². The third-order valence-electron chi connectivity index (χ3n) is 2.20. The number of hydrogen-bond donors (Lipinski definition) is 1. The summed E-state index contributed by atoms with van der Waals surface area (Å²) in [6, 6.07) is 6.82. The molecule has 1 aliphatic heterocycles. The average molecular weight is 181 g/mol. The van der Waals surface area contributed by atoms with E-state index in [9.17, 15) is 4.39 Å². The van der Waals surface area contributed by atoms with Crippen LogP contribution in [-0.4, -0.2) is 19.8 Å². The van der Waals surface area contributed by atoms with Crippen molar-refractivity contribution in [3.8, 4) is 0 Å². The van der Waals surface area contributed by atoms with Crippen molar-refractivity contribution in [3.05, 3.63) is 35.6 Å². The van der Waals surface area contributed by atoms with Crippen LogP contribution in [0.2, 0.25) is 0 Å². The highest BCUT2D eigenvalue weighted by atomic mass is 19.1. The molecule has 1 fully saturated rings. The molecule has 1 aromatic rings. The summed E-state index contributed by atoms with van der Waals surface area (Å²) in [5.74, 6) is -0.162. The number of benzene rings is 1. The van der Waals surface area contributed by atoms with Gasteiger partial charge in [-0.25, -0.2) is 4.39 Å². The molecule has 0 saturated carbocycles. The molecule has 13 heavy (non-hydrogen) atoms. The summed E-state index contributed by atoms with van der Waals surface area (Å²) in [7, 11) is 0. The van der Waals surface area contributed by atoms with Gasteiger partial charge in [-0.1, -0.05) is 18.2 Å². The van der Waals surface area contributed by atoms with E-state index in [2.05, 4.69) is 5.32 Å². The molecule has 1 saturated heterocycles. The second-order valence-electron chi connectivity index (χ2n) is 3.10. The number of nitrogens with one attached hydrogen (secondary N) is 1. The Hall–Kier alpha value is -0.930. The van der Waals surface area contributed by atoms with E-state index >= 15 is 0 Å². The van der Waals surface area contributed by atoms with Gasteiger partial charge in [0.05, 0.1) is 19.3 Å². The fraction of sp³-hybridized carbons (Fsp3) is 0.400. The summed E-state index contributed by atoms with van der Waals surface area (Å²) in [5.41, 5.74) is 0.696. The van der Waals surface area contributed by atoms with E-state index in [-0.39, 0.29) is 11.9 Å². The lowest BCUT2D eigenvalue weighted by Gasteiger charge is -2.24. The molecule has 1 aromatic carbocycles. The first kappa shape index (κ1) is 8.66. The molecule has 2 rings (SSSR count). The predicted molar refractivity (Wildman–Crippen MR) is 48.0 cm³/mol. The second-order valence-corrected chi connectivity index (χ2v) is 3.10. The number of hydrogen-bond acceptors (Lipinski definition) is 2. The molecule has 3 heteroatoms. The minimum atomic E-state index is -0.162. The summed E-state index contributed by atoms with van der Waals surface area (Å²) in [6.45, 7) is 2.06. The third-order valence-corrected chi connectivity index (χ3v) is 2.20. The lowest BCUT2D eigenvalue weighted by molar-refractivity contribution is 0.0757. The maximum atomic E-state index is 13.3. The molecule has 0 aromatic heterocycles. The van der Waals surface area contributed by atoms with Crippen molar-refractivity contribution in [3.63, 3.8) is 0 Å². The van der Waals surface area contributed by atoms with E-state index in [1.54, 1.807) is 12.1 Å². The van der Waals surface area contributed by atoms with Gasteiger partial charge in [0.25, 0.3) is 0 Å². The monoisotopic (exact) mass is 181 g/mol. The minimum Gasteiger partial charge on any atom is -0.378 e. The third kappa shape index (κ3) is 1.87. The number of morpholine rings is 1. The van der Waals surface area contributed by atoms with Crippen molar-refractivity contribution in [2.75, 3.05) is 19.8 Å². The molecule has 0 radical (unpaired) electrons. The van der Waals surface area contributed by atoms with Gasteiger partial charge in [-0.05, 0) is 6.07 Å². The Morgan fingerprint density at radius 3 is 2.92 bits per heavy atom. The van der Waals surface area contributed by atoms with Gasteiger partial charge >= 0.3 is 0 Å². The zero-order valence-electron chi connectivity index (χ0n) is 7.29. The highest BCUT2D eigenvalue weighted by Gasteiger charge is 2.17. The maximum absolute atomic E-state index is 13.3. The van der Waals surface area contributed by atoms with Crippen molar-refractivity contribution < 1.29 is 9.13 Å². The molecule has 0 amide bonds. The van der Waals surface area contributed by atoms with Crippen molar-refractivity contribution >= 4 is 0 Å². The van der Waals surface area contributed by atoms with Crippen LogP contribution >= 0.6 is 0 Å². The topological polar surface area (TPSA) is 21.3 Å². The molecule has 70 valence electrons. The number of halogens is 1. The zero-order chi connectivity index (χ0) is 9.10. The van der Waals surface area contributed by atoms with Crippen LogP contribution in [0.5, 0.6) is 0 Å². The average Bonchev–Trinajstić information content (AvgIpc) is 2.20. The molecule has 1 unspecified atom stereocenters. The van der Waals surface area contributed by atoms with Crippen molar-refractivity contribution in [2.24, 2.45) is 0 Å². The van der Waals surface area contributed by atoms with Gasteiger partial charge in [-0.15, -0.1) is 0 Å². The predicted octanol–water partition coefficient (Wildman–Crippen LogP) is 1.49. The smallest absolute Gasteiger partial charge is 0.128 e. The van der Waals surface area contributed by atoms with Crippen LogP contribution in [0.4, 0.5) is 4.39 Å². The molecule has 1 N–H and O–H groups in total. The second kappa shape index (κ2) is 3.85. The first-order valence-electron chi connectivity index (χ1n) is 4.43. The SMILES string of the molecule is Fc1ccccc1C1COCCN1. The Kier molecular flexibility index (Phi) is 2.57. The van der Waals surface area contributed by atoms with E-state index in [0.717, 1.165) is 6.54 Å². The Balaban J connectivity index is 2.18. The van der Waals surface area contributed by atoms with Crippen LogP contribution in [0.3, 0.4) is 0 Å². The molecule has 0 bridgehead atoms. The van der Waals surface area contributed by atoms with Gasteiger partial charge in [-0.3, -0.25) is 0 Å². The first-order valence-corrected chi connectivity index (χ1v) is 4.43. The molecule has 1 heterocycles. The van der Waals surface area contributed by atoms with Crippen LogP contribution in [0.1, 0.15) is 11.6 Å². The standard InChI is InChI=1S/C10H12FNO/c11-9-4-2-1-3-8(9)10-7-13-6-5-12-10/h1-4,10,12H,5-7H2. The summed E-state index contributed by atoms with van der Waals surface area (Å²) in [4.78, 5) is 0. The van der Waals surface area contributed by atoms with Gasteiger partial charge in [0.1, 0.15) is 5.82 Å². The van der Waals surface area contributed by atoms with Crippen LogP contribution in [0.25, 0.3) is 0 Å². The normalized spacial score (nSPS) is 23.0. The largest absolute Gasteiger partial charge is 0.378 e. The summed E-state index contributed by atoms with van der Waals surface area (Å²) in [5, 5.41) is 3.21. The van der Waals surface area contributed by atoms with E-state index in [1.165, 1.54) is 6.07 Å². The van der Waals surface area contributed by atoms with Gasteiger partial charge in [0, 0.05) is 12.1 Å². The van der Waals surface area contributed by atoms with E-state index in [4.69, 9.17) is 4.74 Å². The van der Waals surface area contributed by atoms with E-state index in [1.807, 2.05) is 6.07 Å². The molecule has 0 aliphatic carbocycles. The van der Waals surface area contributed by atoms with E-state index < -0.39 is 0 Å². The fourth-order valence-electron chi connectivity index (χ4n) is 1.52. The lowest BCUT2D eigenvalue weighted by Crippen LogP contribution is -2.35. The van der Waals surface area contributed by atoms with Crippen LogP contribution in [0, 0.1) is 5.82 Å². The van der Waals surface area contributed by atoms with Crippen LogP contribution in [-0.2, 0) is 4.74 Å². The van der Waals surface area contributed by atoms with Gasteiger partial charge < -0.3 is 10.1 Å². The molecule has 0 spiro atoms.